The van der Waals surface area contributed by atoms with Gasteiger partial charge in [-0.25, -0.2) is 0 Å². The van der Waals surface area contributed by atoms with Crippen LogP contribution >= 0.6 is 23.4 Å². The highest BCUT2D eigenvalue weighted by Gasteiger charge is 2.27. The van der Waals surface area contributed by atoms with Gasteiger partial charge in [0, 0.05) is 14.8 Å². The molecular formula is C22H18ClN3OS. The minimum Gasteiger partial charge on any atom is -0.300 e. The fourth-order valence-electron chi connectivity index (χ4n) is 3.06. The molecule has 0 fully saturated rings. The summed E-state index contributed by atoms with van der Waals surface area (Å²) in [7, 11) is 0. The van der Waals surface area contributed by atoms with Crippen molar-refractivity contribution in [1.29, 1.82) is 0 Å². The Hall–Kier alpha value is -2.76. The molecule has 1 N–H and O–H groups in total. The third-order valence-electron chi connectivity index (χ3n) is 4.40. The number of hydrogen-bond acceptors (Lipinski definition) is 4. The number of fused-ring (bicyclic) bond motifs is 2. The summed E-state index contributed by atoms with van der Waals surface area (Å²) in [5.74, 6) is -0.0668. The number of hydrogen-bond donors (Lipinski definition) is 1. The molecule has 0 radical (unpaired) electrons. The minimum absolute atomic E-state index is 0.0668. The zero-order valence-corrected chi connectivity index (χ0v) is 16.8. The summed E-state index contributed by atoms with van der Waals surface area (Å²) in [6, 6.07) is 23.3. The molecule has 6 heteroatoms. The lowest BCUT2D eigenvalue weighted by Crippen LogP contribution is -2.35. The Labute approximate surface area is 173 Å². The molecule has 140 valence electrons. The molecule has 0 saturated carbocycles. The van der Waals surface area contributed by atoms with Crippen LogP contribution in [0.3, 0.4) is 0 Å². The van der Waals surface area contributed by atoms with Gasteiger partial charge in [-0.05, 0) is 48.9 Å². The Morgan fingerprint density at radius 1 is 1.00 bits per heavy atom. The monoisotopic (exact) mass is 407 g/mol. The lowest BCUT2D eigenvalue weighted by atomic mass is 10.1. The molecule has 0 atom stereocenters. The molecule has 0 saturated heterocycles. The topological polar surface area (TPSA) is 44.7 Å². The van der Waals surface area contributed by atoms with Crippen molar-refractivity contribution in [3.8, 4) is 0 Å². The molecule has 1 aliphatic rings. The number of anilines is 2. The van der Waals surface area contributed by atoms with Crippen molar-refractivity contribution in [3.05, 3.63) is 83.4 Å². The maximum Gasteiger partial charge on any atom is 0.252 e. The molecule has 1 amide bonds. The number of hydrazone groups is 1. The second-order valence-electron chi connectivity index (χ2n) is 6.31. The SMILES string of the molecule is C/C(=N\NCC(=O)N1c2ccccc2Sc2ccccc21)c1cccc(Cl)c1. The lowest BCUT2D eigenvalue weighted by molar-refractivity contribution is -0.117. The van der Waals surface area contributed by atoms with Gasteiger partial charge < -0.3 is 5.43 Å². The van der Waals surface area contributed by atoms with Crippen LogP contribution in [-0.2, 0) is 4.79 Å². The van der Waals surface area contributed by atoms with Gasteiger partial charge in [0.1, 0.15) is 6.54 Å². The predicted octanol–water partition coefficient (Wildman–Crippen LogP) is 5.48. The van der Waals surface area contributed by atoms with E-state index in [1.807, 2.05) is 79.7 Å². The highest BCUT2D eigenvalue weighted by atomic mass is 35.5. The maximum atomic E-state index is 13.1. The van der Waals surface area contributed by atoms with Crippen molar-refractivity contribution in [2.75, 3.05) is 11.4 Å². The highest BCUT2D eigenvalue weighted by Crippen LogP contribution is 2.47. The van der Waals surface area contributed by atoms with Crippen LogP contribution in [0.15, 0.2) is 87.7 Å². The molecule has 0 unspecified atom stereocenters. The first-order valence-electron chi connectivity index (χ1n) is 8.85. The zero-order chi connectivity index (χ0) is 19.5. The van der Waals surface area contributed by atoms with E-state index in [-0.39, 0.29) is 12.5 Å². The van der Waals surface area contributed by atoms with E-state index in [0.29, 0.717) is 5.02 Å². The van der Waals surface area contributed by atoms with Gasteiger partial charge in [-0.3, -0.25) is 9.69 Å². The standard InChI is InChI=1S/C22H18ClN3OS/c1-15(16-7-6-8-17(23)13-16)25-24-14-22(27)26-18-9-2-4-11-20(18)28-21-12-5-3-10-19(21)26/h2-13,24H,14H2,1H3/b25-15+. The normalized spacial score (nSPS) is 12.9. The Bertz CT molecular complexity index is 1020. The number of halogens is 1. The summed E-state index contributed by atoms with van der Waals surface area (Å²) in [6.45, 7) is 1.97. The summed E-state index contributed by atoms with van der Waals surface area (Å²) in [5.41, 5.74) is 6.39. The molecule has 28 heavy (non-hydrogen) atoms. The summed E-state index contributed by atoms with van der Waals surface area (Å²) in [5, 5.41) is 4.99. The molecule has 1 aliphatic heterocycles. The molecule has 4 rings (SSSR count). The molecule has 3 aromatic carbocycles. The fourth-order valence-corrected chi connectivity index (χ4v) is 4.30. The number of nitrogens with zero attached hydrogens (tertiary/aromatic N) is 2. The van der Waals surface area contributed by atoms with Crippen molar-refractivity contribution in [3.63, 3.8) is 0 Å². The number of benzene rings is 3. The number of rotatable bonds is 4. The molecule has 0 spiro atoms. The molecule has 1 heterocycles. The van der Waals surface area contributed by atoms with E-state index in [9.17, 15) is 4.79 Å². The van der Waals surface area contributed by atoms with Crippen LogP contribution in [0.4, 0.5) is 11.4 Å². The average Bonchev–Trinajstić information content (AvgIpc) is 2.71. The van der Waals surface area contributed by atoms with E-state index in [1.165, 1.54) is 0 Å². The molecule has 4 nitrogen and oxygen atoms in total. The number of amides is 1. The Balaban J connectivity index is 1.55. The van der Waals surface area contributed by atoms with Crippen molar-refractivity contribution < 1.29 is 4.79 Å². The molecular weight excluding hydrogens is 390 g/mol. The first kappa shape index (κ1) is 18.6. The van der Waals surface area contributed by atoms with E-state index < -0.39 is 0 Å². The third-order valence-corrected chi connectivity index (χ3v) is 5.77. The summed E-state index contributed by atoms with van der Waals surface area (Å²) < 4.78 is 0. The zero-order valence-electron chi connectivity index (χ0n) is 15.2. The first-order chi connectivity index (χ1) is 13.6. The third kappa shape index (κ3) is 3.77. The van der Waals surface area contributed by atoms with Crippen LogP contribution in [-0.4, -0.2) is 18.2 Å². The maximum absolute atomic E-state index is 13.1. The van der Waals surface area contributed by atoms with Crippen LogP contribution < -0.4 is 10.3 Å². The van der Waals surface area contributed by atoms with Gasteiger partial charge in [-0.2, -0.15) is 5.10 Å². The molecule has 0 bridgehead atoms. The molecule has 3 aromatic rings. The second kappa shape index (κ2) is 8.09. The molecule has 0 aliphatic carbocycles. The quantitative estimate of drug-likeness (QED) is 0.460. The fraction of sp³-hybridized carbons (Fsp3) is 0.0909. The Morgan fingerprint density at radius 3 is 2.29 bits per heavy atom. The summed E-state index contributed by atoms with van der Waals surface area (Å²) in [4.78, 5) is 16.9. The Kier molecular flexibility index (Phi) is 5.37. The van der Waals surface area contributed by atoms with Gasteiger partial charge in [0.15, 0.2) is 0 Å². The second-order valence-corrected chi connectivity index (χ2v) is 7.83. The van der Waals surface area contributed by atoms with Crippen molar-refractivity contribution in [1.82, 2.24) is 5.43 Å². The largest absolute Gasteiger partial charge is 0.300 e. The molecule has 0 aromatic heterocycles. The number of nitrogens with one attached hydrogen (secondary N) is 1. The lowest BCUT2D eigenvalue weighted by Gasteiger charge is -2.30. The smallest absolute Gasteiger partial charge is 0.252 e. The van der Waals surface area contributed by atoms with Gasteiger partial charge in [-0.15, -0.1) is 0 Å². The minimum atomic E-state index is -0.0668. The average molecular weight is 408 g/mol. The summed E-state index contributed by atoms with van der Waals surface area (Å²) in [6.07, 6.45) is 0. The number of carbonyl (C=O) groups excluding carboxylic acids is 1. The van der Waals surface area contributed by atoms with Gasteiger partial charge in [-0.1, -0.05) is 59.8 Å². The van der Waals surface area contributed by atoms with Crippen LogP contribution in [0.25, 0.3) is 0 Å². The van der Waals surface area contributed by atoms with Gasteiger partial charge in [0.2, 0.25) is 0 Å². The summed E-state index contributed by atoms with van der Waals surface area (Å²) >= 11 is 7.71. The van der Waals surface area contributed by atoms with E-state index >= 15 is 0 Å². The van der Waals surface area contributed by atoms with Gasteiger partial charge in [0.05, 0.1) is 17.1 Å². The van der Waals surface area contributed by atoms with E-state index in [2.05, 4.69) is 10.5 Å². The van der Waals surface area contributed by atoms with Crippen molar-refractivity contribution in [2.45, 2.75) is 16.7 Å². The highest BCUT2D eigenvalue weighted by molar-refractivity contribution is 7.99. The Morgan fingerprint density at radius 2 is 1.64 bits per heavy atom. The van der Waals surface area contributed by atoms with Crippen LogP contribution in [0.5, 0.6) is 0 Å². The van der Waals surface area contributed by atoms with Crippen LogP contribution in [0.2, 0.25) is 5.02 Å². The van der Waals surface area contributed by atoms with E-state index in [4.69, 9.17) is 11.6 Å². The van der Waals surface area contributed by atoms with Gasteiger partial charge >= 0.3 is 0 Å². The van der Waals surface area contributed by atoms with Crippen molar-refractivity contribution in [2.24, 2.45) is 5.10 Å². The van der Waals surface area contributed by atoms with Crippen molar-refractivity contribution >= 4 is 46.4 Å². The van der Waals surface area contributed by atoms with Gasteiger partial charge in [0.25, 0.3) is 5.91 Å². The number of para-hydroxylation sites is 2. The van der Waals surface area contributed by atoms with E-state index in [0.717, 1.165) is 32.4 Å². The number of carbonyl (C=O) groups is 1. The first-order valence-corrected chi connectivity index (χ1v) is 10.0. The van der Waals surface area contributed by atoms with Crippen LogP contribution in [0, 0.1) is 0 Å². The predicted molar refractivity (Wildman–Crippen MR) is 116 cm³/mol. The van der Waals surface area contributed by atoms with Crippen LogP contribution in [0.1, 0.15) is 12.5 Å². The van der Waals surface area contributed by atoms with E-state index in [1.54, 1.807) is 16.7 Å².